The van der Waals surface area contributed by atoms with Gasteiger partial charge in [-0.05, 0) is 30.3 Å². The molecule has 0 saturated carbocycles. The lowest BCUT2D eigenvalue weighted by Gasteiger charge is -2.15. The van der Waals surface area contributed by atoms with Gasteiger partial charge in [-0.1, -0.05) is 18.2 Å². The van der Waals surface area contributed by atoms with E-state index in [-0.39, 0.29) is 16.0 Å². The minimum absolute atomic E-state index is 0.0155. The maximum Gasteiger partial charge on any atom is 0.416 e. The summed E-state index contributed by atoms with van der Waals surface area (Å²) in [6, 6.07) is 9.29. The molecule has 0 spiro atoms. The van der Waals surface area contributed by atoms with Crippen molar-refractivity contribution in [3.8, 4) is 0 Å². The molecule has 2 aromatic rings. The molecule has 1 amide bonds. The molecule has 0 atom stereocenters. The smallest absolute Gasteiger partial charge is 0.416 e. The standard InChI is InChI=1S/C17H12F3NO5S/c18-17(19,20)12-5-3-4-11(10-12)16(23)26-9-8-21-15(22)13-6-1-2-7-14(13)27(21,24)25/h1-7,10H,8-9H2. The summed E-state index contributed by atoms with van der Waals surface area (Å²) in [6.45, 7) is -0.936. The van der Waals surface area contributed by atoms with Crippen molar-refractivity contribution in [2.24, 2.45) is 0 Å². The third-order valence-electron chi connectivity index (χ3n) is 3.87. The van der Waals surface area contributed by atoms with Gasteiger partial charge in [0.25, 0.3) is 15.9 Å². The van der Waals surface area contributed by atoms with Gasteiger partial charge in [-0.2, -0.15) is 13.2 Å². The number of halogens is 3. The summed E-state index contributed by atoms with van der Waals surface area (Å²) in [6.07, 6.45) is -4.61. The van der Waals surface area contributed by atoms with Crippen LogP contribution < -0.4 is 0 Å². The first kappa shape index (κ1) is 18.9. The summed E-state index contributed by atoms with van der Waals surface area (Å²) in [5.41, 5.74) is -1.32. The minimum atomic E-state index is -4.61. The molecule has 0 radical (unpaired) electrons. The van der Waals surface area contributed by atoms with Crippen molar-refractivity contribution < 1.29 is 35.9 Å². The Labute approximate surface area is 152 Å². The Hall–Kier alpha value is -2.88. The lowest BCUT2D eigenvalue weighted by Crippen LogP contribution is -2.33. The van der Waals surface area contributed by atoms with E-state index in [2.05, 4.69) is 0 Å². The number of esters is 1. The van der Waals surface area contributed by atoms with Crippen LogP contribution in [0.5, 0.6) is 0 Å². The molecule has 6 nitrogen and oxygen atoms in total. The van der Waals surface area contributed by atoms with Crippen LogP contribution in [0, 0.1) is 0 Å². The van der Waals surface area contributed by atoms with Gasteiger partial charge in [0.1, 0.15) is 11.5 Å². The van der Waals surface area contributed by atoms with Crippen molar-refractivity contribution in [3.05, 3.63) is 65.2 Å². The molecule has 0 unspecified atom stereocenters. The second-order valence-electron chi connectivity index (χ2n) is 5.59. The van der Waals surface area contributed by atoms with Gasteiger partial charge in [-0.15, -0.1) is 0 Å². The first-order chi connectivity index (χ1) is 12.6. The number of benzene rings is 2. The number of nitrogens with zero attached hydrogens (tertiary/aromatic N) is 1. The Morgan fingerprint density at radius 2 is 1.78 bits per heavy atom. The SMILES string of the molecule is O=C(OCCN1C(=O)c2ccccc2S1(=O)=O)c1cccc(C(F)(F)F)c1. The Morgan fingerprint density at radius 1 is 1.07 bits per heavy atom. The van der Waals surface area contributed by atoms with Crippen molar-refractivity contribution in [1.29, 1.82) is 0 Å². The topological polar surface area (TPSA) is 80.8 Å². The summed E-state index contributed by atoms with van der Waals surface area (Å²) in [5.74, 6) is -1.80. The number of ether oxygens (including phenoxy) is 1. The van der Waals surface area contributed by atoms with E-state index in [1.165, 1.54) is 24.3 Å². The van der Waals surface area contributed by atoms with Crippen molar-refractivity contribution in [2.45, 2.75) is 11.1 Å². The molecule has 0 bridgehead atoms. The number of fused-ring (bicyclic) bond motifs is 1. The van der Waals surface area contributed by atoms with Crippen molar-refractivity contribution in [3.63, 3.8) is 0 Å². The zero-order valence-electron chi connectivity index (χ0n) is 13.6. The highest BCUT2D eigenvalue weighted by Gasteiger charge is 2.40. The number of carbonyl (C=O) groups excluding carboxylic acids is 2. The molecule has 1 heterocycles. The van der Waals surface area contributed by atoms with Gasteiger partial charge in [-0.3, -0.25) is 4.79 Å². The maximum atomic E-state index is 12.7. The molecule has 142 valence electrons. The summed E-state index contributed by atoms with van der Waals surface area (Å²) in [5, 5.41) is 0. The molecule has 1 aliphatic rings. The van der Waals surface area contributed by atoms with Crippen LogP contribution in [0.3, 0.4) is 0 Å². The average Bonchev–Trinajstić information content (AvgIpc) is 2.82. The molecule has 2 aromatic carbocycles. The summed E-state index contributed by atoms with van der Waals surface area (Å²) < 4.78 is 68.1. The van der Waals surface area contributed by atoms with E-state index in [1.54, 1.807) is 0 Å². The van der Waals surface area contributed by atoms with Gasteiger partial charge < -0.3 is 4.74 Å². The van der Waals surface area contributed by atoms with Crippen LogP contribution in [-0.4, -0.2) is 37.8 Å². The fraction of sp³-hybridized carbons (Fsp3) is 0.176. The monoisotopic (exact) mass is 399 g/mol. The van der Waals surface area contributed by atoms with E-state index in [0.717, 1.165) is 18.2 Å². The van der Waals surface area contributed by atoms with Crippen molar-refractivity contribution in [2.75, 3.05) is 13.2 Å². The molecule has 0 aromatic heterocycles. The highest BCUT2D eigenvalue weighted by molar-refractivity contribution is 7.90. The lowest BCUT2D eigenvalue weighted by atomic mass is 10.1. The van der Waals surface area contributed by atoms with E-state index in [4.69, 9.17) is 4.74 Å². The number of amides is 1. The molecule has 10 heteroatoms. The number of hydrogen-bond donors (Lipinski definition) is 0. The van der Waals surface area contributed by atoms with Crippen LogP contribution in [-0.2, 0) is 20.9 Å². The van der Waals surface area contributed by atoms with Crippen LogP contribution in [0.1, 0.15) is 26.3 Å². The van der Waals surface area contributed by atoms with Crippen molar-refractivity contribution >= 4 is 21.9 Å². The lowest BCUT2D eigenvalue weighted by molar-refractivity contribution is -0.137. The first-order valence-corrected chi connectivity index (χ1v) is 9.07. The third-order valence-corrected chi connectivity index (χ3v) is 5.71. The Morgan fingerprint density at radius 3 is 2.44 bits per heavy atom. The van der Waals surface area contributed by atoms with Crippen LogP contribution in [0.25, 0.3) is 0 Å². The number of alkyl halides is 3. The third kappa shape index (κ3) is 3.52. The number of sulfonamides is 1. The van der Waals surface area contributed by atoms with Crippen LogP contribution in [0.2, 0.25) is 0 Å². The van der Waals surface area contributed by atoms with E-state index in [0.29, 0.717) is 10.4 Å². The van der Waals surface area contributed by atoms with E-state index in [9.17, 15) is 31.2 Å². The molecule has 0 aliphatic carbocycles. The zero-order valence-corrected chi connectivity index (χ0v) is 14.4. The van der Waals surface area contributed by atoms with Crippen LogP contribution in [0.4, 0.5) is 13.2 Å². The van der Waals surface area contributed by atoms with Crippen LogP contribution in [0.15, 0.2) is 53.4 Å². The first-order valence-electron chi connectivity index (χ1n) is 7.63. The highest BCUT2D eigenvalue weighted by atomic mass is 32.2. The average molecular weight is 399 g/mol. The number of hydrogen-bond acceptors (Lipinski definition) is 5. The van der Waals surface area contributed by atoms with Gasteiger partial charge in [0.2, 0.25) is 0 Å². The molecular weight excluding hydrogens is 387 g/mol. The van der Waals surface area contributed by atoms with E-state index in [1.807, 2.05) is 0 Å². The second-order valence-corrected chi connectivity index (χ2v) is 7.42. The normalized spacial score (nSPS) is 15.5. The van der Waals surface area contributed by atoms with Gasteiger partial charge in [0.05, 0.1) is 23.2 Å². The second kappa shape index (κ2) is 6.69. The zero-order chi connectivity index (χ0) is 19.8. The van der Waals surface area contributed by atoms with Gasteiger partial charge in [0.15, 0.2) is 0 Å². The fourth-order valence-electron chi connectivity index (χ4n) is 2.58. The largest absolute Gasteiger partial charge is 0.460 e. The van der Waals surface area contributed by atoms with E-state index >= 15 is 0 Å². The van der Waals surface area contributed by atoms with Crippen LogP contribution >= 0.6 is 0 Å². The van der Waals surface area contributed by atoms with Gasteiger partial charge in [0, 0.05) is 0 Å². The summed E-state index contributed by atoms with van der Waals surface area (Å²) >= 11 is 0. The quantitative estimate of drug-likeness (QED) is 0.739. The summed E-state index contributed by atoms with van der Waals surface area (Å²) in [4.78, 5) is 24.0. The molecule has 0 N–H and O–H groups in total. The molecular formula is C17H12F3NO5S. The summed E-state index contributed by atoms with van der Waals surface area (Å²) in [7, 11) is -4.04. The number of rotatable bonds is 4. The predicted molar refractivity (Wildman–Crippen MR) is 86.4 cm³/mol. The van der Waals surface area contributed by atoms with Gasteiger partial charge in [-0.25, -0.2) is 17.5 Å². The molecule has 0 saturated heterocycles. The Kier molecular flexibility index (Phi) is 4.68. The maximum absolute atomic E-state index is 12.7. The highest BCUT2D eigenvalue weighted by Crippen LogP contribution is 2.30. The Balaban J connectivity index is 1.67. The van der Waals surface area contributed by atoms with Crippen molar-refractivity contribution in [1.82, 2.24) is 4.31 Å². The Bertz CT molecular complexity index is 1020. The number of carbonyl (C=O) groups is 2. The molecule has 3 rings (SSSR count). The molecule has 1 aliphatic heterocycles. The van der Waals surface area contributed by atoms with Gasteiger partial charge >= 0.3 is 12.1 Å². The van der Waals surface area contributed by atoms with E-state index < -0.39 is 46.8 Å². The predicted octanol–water partition coefficient (Wildman–Crippen LogP) is 2.71. The molecule has 0 fully saturated rings. The fourth-order valence-corrected chi connectivity index (χ4v) is 4.13. The minimum Gasteiger partial charge on any atom is -0.460 e. The molecule has 27 heavy (non-hydrogen) atoms.